The molecule has 134 valence electrons. The Morgan fingerprint density at radius 3 is 1.96 bits per heavy atom. The standard InChI is InChI=1S/C21H25Cl2NO/c1-21(2)19(15-8-16(22)10-17(23)9-15)24(20(21)25)18-13-4-11-3-12(6-13)7-14(18)5-11/h8-14,18-19H,3-7H2,1-2H3. The molecule has 1 aromatic carbocycles. The van der Waals surface area contributed by atoms with Crippen molar-refractivity contribution in [2.24, 2.45) is 29.1 Å². The van der Waals surface area contributed by atoms with Gasteiger partial charge in [-0.15, -0.1) is 0 Å². The second kappa shape index (κ2) is 5.39. The van der Waals surface area contributed by atoms with Gasteiger partial charge in [0.1, 0.15) is 0 Å². The molecule has 5 aliphatic rings. The topological polar surface area (TPSA) is 20.3 Å². The summed E-state index contributed by atoms with van der Waals surface area (Å²) in [5.41, 5.74) is 0.721. The van der Waals surface area contributed by atoms with E-state index in [0.29, 0.717) is 33.8 Å². The Kier molecular flexibility index (Phi) is 3.55. The van der Waals surface area contributed by atoms with E-state index >= 15 is 0 Å². The summed E-state index contributed by atoms with van der Waals surface area (Å²) in [7, 11) is 0. The maximum atomic E-state index is 13.1. The average Bonchev–Trinajstić information content (AvgIpc) is 2.51. The molecule has 0 spiro atoms. The number of nitrogens with zero attached hydrogens (tertiary/aromatic N) is 1. The van der Waals surface area contributed by atoms with Gasteiger partial charge in [-0.3, -0.25) is 4.79 Å². The fourth-order valence-electron chi connectivity index (χ4n) is 6.82. The summed E-state index contributed by atoms with van der Waals surface area (Å²) in [6.45, 7) is 4.14. The molecule has 5 fully saturated rings. The number of hydrogen-bond acceptors (Lipinski definition) is 1. The van der Waals surface area contributed by atoms with Crippen LogP contribution in [-0.4, -0.2) is 16.8 Å². The summed E-state index contributed by atoms with van der Waals surface area (Å²) in [5.74, 6) is 3.55. The fourth-order valence-corrected chi connectivity index (χ4v) is 7.36. The SMILES string of the molecule is CC1(C)C(=O)N(C2C3CC4CC(C3)CC2C4)C1c1cc(Cl)cc(Cl)c1. The first-order valence-corrected chi connectivity index (χ1v) is 10.4. The van der Waals surface area contributed by atoms with Gasteiger partial charge in [-0.05, 0) is 93.4 Å². The van der Waals surface area contributed by atoms with Crippen LogP contribution in [0.2, 0.25) is 10.0 Å². The van der Waals surface area contributed by atoms with Gasteiger partial charge in [-0.25, -0.2) is 0 Å². The molecular weight excluding hydrogens is 353 g/mol. The van der Waals surface area contributed by atoms with Crippen LogP contribution in [-0.2, 0) is 4.79 Å². The minimum absolute atomic E-state index is 0.0960. The molecule has 25 heavy (non-hydrogen) atoms. The lowest BCUT2D eigenvalue weighted by atomic mass is 9.52. The van der Waals surface area contributed by atoms with E-state index in [-0.39, 0.29) is 11.5 Å². The highest BCUT2D eigenvalue weighted by Crippen LogP contribution is 2.60. The van der Waals surface area contributed by atoms with Crippen LogP contribution in [0.4, 0.5) is 0 Å². The van der Waals surface area contributed by atoms with Crippen LogP contribution < -0.4 is 0 Å². The monoisotopic (exact) mass is 377 g/mol. The highest BCUT2D eigenvalue weighted by Gasteiger charge is 2.62. The molecule has 4 heteroatoms. The summed E-state index contributed by atoms with van der Waals surface area (Å²) in [5, 5.41) is 1.31. The first-order chi connectivity index (χ1) is 11.8. The zero-order valence-electron chi connectivity index (χ0n) is 14.8. The predicted octanol–water partition coefficient (Wildman–Crippen LogP) is 5.73. The summed E-state index contributed by atoms with van der Waals surface area (Å²) in [6, 6.07) is 6.28. The molecule has 4 bridgehead atoms. The maximum Gasteiger partial charge on any atom is 0.231 e. The molecule has 1 aliphatic heterocycles. The van der Waals surface area contributed by atoms with Crippen LogP contribution in [0.1, 0.15) is 57.6 Å². The van der Waals surface area contributed by atoms with Crippen molar-refractivity contribution < 1.29 is 4.79 Å². The van der Waals surface area contributed by atoms with Crippen LogP contribution in [0, 0.1) is 29.1 Å². The summed E-state index contributed by atoms with van der Waals surface area (Å²) in [4.78, 5) is 15.4. The van der Waals surface area contributed by atoms with Crippen LogP contribution >= 0.6 is 23.2 Å². The number of carbonyl (C=O) groups is 1. The third-order valence-corrected chi connectivity index (χ3v) is 7.88. The van der Waals surface area contributed by atoms with Gasteiger partial charge in [-0.1, -0.05) is 23.2 Å². The highest BCUT2D eigenvalue weighted by molar-refractivity contribution is 6.34. The number of likely N-dealkylation sites (tertiary alicyclic amines) is 1. The first kappa shape index (κ1) is 16.4. The lowest BCUT2D eigenvalue weighted by molar-refractivity contribution is -0.191. The zero-order valence-corrected chi connectivity index (χ0v) is 16.4. The molecule has 1 atom stereocenters. The van der Waals surface area contributed by atoms with Gasteiger partial charge in [0.05, 0.1) is 11.5 Å². The van der Waals surface area contributed by atoms with Crippen molar-refractivity contribution >= 4 is 29.1 Å². The van der Waals surface area contributed by atoms with Crippen LogP contribution in [0.15, 0.2) is 18.2 Å². The van der Waals surface area contributed by atoms with Crippen LogP contribution in [0.3, 0.4) is 0 Å². The first-order valence-electron chi connectivity index (χ1n) is 9.63. The number of carbonyl (C=O) groups excluding carboxylic acids is 1. The molecule has 0 radical (unpaired) electrons. The average molecular weight is 378 g/mol. The Labute approximate surface area is 159 Å². The van der Waals surface area contributed by atoms with Gasteiger partial charge in [0.2, 0.25) is 5.91 Å². The van der Waals surface area contributed by atoms with E-state index in [1.54, 1.807) is 6.07 Å². The predicted molar refractivity (Wildman–Crippen MR) is 101 cm³/mol. The molecule has 2 nitrogen and oxygen atoms in total. The van der Waals surface area contributed by atoms with Crippen molar-refractivity contribution in [3.05, 3.63) is 33.8 Å². The van der Waals surface area contributed by atoms with E-state index in [0.717, 1.165) is 17.4 Å². The van der Waals surface area contributed by atoms with E-state index in [2.05, 4.69) is 18.7 Å². The zero-order chi connectivity index (χ0) is 17.5. The molecule has 0 N–H and O–H groups in total. The van der Waals surface area contributed by atoms with Crippen molar-refractivity contribution in [2.75, 3.05) is 0 Å². The van der Waals surface area contributed by atoms with E-state index in [1.165, 1.54) is 32.1 Å². The van der Waals surface area contributed by atoms with Gasteiger partial charge >= 0.3 is 0 Å². The van der Waals surface area contributed by atoms with Crippen molar-refractivity contribution in [1.82, 2.24) is 4.90 Å². The minimum atomic E-state index is -0.372. The molecule has 4 aliphatic carbocycles. The fraction of sp³-hybridized carbons (Fsp3) is 0.667. The van der Waals surface area contributed by atoms with Crippen molar-refractivity contribution in [3.8, 4) is 0 Å². The van der Waals surface area contributed by atoms with Crippen molar-refractivity contribution in [1.29, 1.82) is 0 Å². The highest BCUT2D eigenvalue weighted by atomic mass is 35.5. The molecule has 1 heterocycles. The molecule has 1 saturated heterocycles. The lowest BCUT2D eigenvalue weighted by Crippen LogP contribution is -2.69. The number of halogens is 2. The third kappa shape index (κ3) is 2.33. The molecule has 1 unspecified atom stereocenters. The van der Waals surface area contributed by atoms with Crippen molar-refractivity contribution in [3.63, 3.8) is 0 Å². The van der Waals surface area contributed by atoms with Gasteiger partial charge in [0.25, 0.3) is 0 Å². The number of hydrogen-bond donors (Lipinski definition) is 0. The molecule has 1 amide bonds. The van der Waals surface area contributed by atoms with Gasteiger partial charge < -0.3 is 4.90 Å². The number of amides is 1. The quantitative estimate of drug-likeness (QED) is 0.602. The Bertz CT molecular complexity index is 695. The van der Waals surface area contributed by atoms with Crippen LogP contribution in [0.25, 0.3) is 0 Å². The number of rotatable bonds is 2. The molecular formula is C21H25Cl2NO. The van der Waals surface area contributed by atoms with E-state index in [1.807, 2.05) is 12.1 Å². The second-order valence-corrected chi connectivity index (χ2v) is 10.3. The van der Waals surface area contributed by atoms with E-state index in [9.17, 15) is 4.79 Å². The van der Waals surface area contributed by atoms with E-state index < -0.39 is 0 Å². The van der Waals surface area contributed by atoms with Crippen LogP contribution in [0.5, 0.6) is 0 Å². The number of benzene rings is 1. The lowest BCUT2D eigenvalue weighted by Gasteiger charge is -2.64. The number of β-lactam (4-membered cyclic amide) rings is 1. The molecule has 6 rings (SSSR count). The largest absolute Gasteiger partial charge is 0.330 e. The molecule has 4 saturated carbocycles. The summed E-state index contributed by atoms with van der Waals surface area (Å²) in [6.07, 6.45) is 6.73. The second-order valence-electron chi connectivity index (χ2n) is 9.46. The summed E-state index contributed by atoms with van der Waals surface area (Å²) >= 11 is 12.5. The van der Waals surface area contributed by atoms with Gasteiger partial charge in [-0.2, -0.15) is 0 Å². The van der Waals surface area contributed by atoms with Gasteiger partial charge in [0, 0.05) is 16.1 Å². The Morgan fingerprint density at radius 2 is 1.44 bits per heavy atom. The molecule has 0 aromatic heterocycles. The van der Waals surface area contributed by atoms with Gasteiger partial charge in [0.15, 0.2) is 0 Å². The smallest absolute Gasteiger partial charge is 0.231 e. The molecule has 1 aromatic rings. The normalized spacial score (nSPS) is 41.1. The van der Waals surface area contributed by atoms with Crippen molar-refractivity contribution in [2.45, 2.75) is 58.0 Å². The Hall–Kier alpha value is -0.730. The maximum absolute atomic E-state index is 13.1. The van der Waals surface area contributed by atoms with E-state index in [4.69, 9.17) is 23.2 Å². The Morgan fingerprint density at radius 1 is 0.920 bits per heavy atom. The Balaban J connectivity index is 1.52. The minimum Gasteiger partial charge on any atom is -0.330 e. The summed E-state index contributed by atoms with van der Waals surface area (Å²) < 4.78 is 0. The third-order valence-electron chi connectivity index (χ3n) is 7.45.